The van der Waals surface area contributed by atoms with E-state index in [1.807, 2.05) is 25.3 Å². The number of imidazole rings is 1. The number of aryl methyl sites for hydroxylation is 2. The average Bonchev–Trinajstić information content (AvgIpc) is 2.71. The highest BCUT2D eigenvalue weighted by molar-refractivity contribution is 5.90. The Hall–Kier alpha value is -2.24. The van der Waals surface area contributed by atoms with Gasteiger partial charge in [0.05, 0.1) is 23.8 Å². The molecule has 1 amide bonds. The molecule has 6 heteroatoms. The van der Waals surface area contributed by atoms with Crippen LogP contribution in [0, 0.1) is 20.8 Å². The lowest BCUT2D eigenvalue weighted by Gasteiger charge is -2.08. The van der Waals surface area contributed by atoms with Gasteiger partial charge in [0.2, 0.25) is 11.9 Å². The number of unbranched alkanes of at least 4 members (excludes halogenated alkanes) is 1. The van der Waals surface area contributed by atoms with Crippen LogP contribution in [0.1, 0.15) is 43.4 Å². The molecule has 0 aromatic carbocycles. The first-order valence-electron chi connectivity index (χ1n) is 7.17. The van der Waals surface area contributed by atoms with Crippen molar-refractivity contribution in [1.82, 2.24) is 19.5 Å². The standard InChI is InChI=1S/C15H21N5O/c1-5-6-7-14(21)19-13-8-16-15(17-9-13)20-11(3)10(2)18-12(20)4/h8-9H,5-7H2,1-4H3,(H,19,21). The quantitative estimate of drug-likeness (QED) is 0.917. The molecule has 6 nitrogen and oxygen atoms in total. The molecule has 0 fully saturated rings. The first-order chi connectivity index (χ1) is 10.0. The van der Waals surface area contributed by atoms with Crippen LogP contribution in [0.5, 0.6) is 0 Å². The second kappa shape index (κ2) is 6.47. The maximum Gasteiger partial charge on any atom is 0.235 e. The van der Waals surface area contributed by atoms with E-state index in [9.17, 15) is 4.79 Å². The van der Waals surface area contributed by atoms with Crippen LogP contribution in [-0.4, -0.2) is 25.4 Å². The number of amides is 1. The van der Waals surface area contributed by atoms with E-state index in [0.29, 0.717) is 18.1 Å². The van der Waals surface area contributed by atoms with Gasteiger partial charge in [-0.2, -0.15) is 0 Å². The molecule has 112 valence electrons. The summed E-state index contributed by atoms with van der Waals surface area (Å²) < 4.78 is 1.90. The predicted octanol–water partition coefficient (Wildman–Crippen LogP) is 2.72. The van der Waals surface area contributed by atoms with Gasteiger partial charge in [0.25, 0.3) is 0 Å². The highest BCUT2D eigenvalue weighted by atomic mass is 16.1. The van der Waals surface area contributed by atoms with Crippen LogP contribution >= 0.6 is 0 Å². The summed E-state index contributed by atoms with van der Waals surface area (Å²) in [6.07, 6.45) is 5.66. The zero-order chi connectivity index (χ0) is 15.4. The van der Waals surface area contributed by atoms with Gasteiger partial charge in [-0.3, -0.25) is 9.36 Å². The Morgan fingerprint density at radius 3 is 2.43 bits per heavy atom. The van der Waals surface area contributed by atoms with Crippen molar-refractivity contribution in [2.45, 2.75) is 47.0 Å². The molecule has 0 aliphatic carbocycles. The van der Waals surface area contributed by atoms with E-state index in [1.54, 1.807) is 12.4 Å². The minimum Gasteiger partial charge on any atom is -0.323 e. The second-order valence-electron chi connectivity index (χ2n) is 5.09. The molecule has 21 heavy (non-hydrogen) atoms. The van der Waals surface area contributed by atoms with Gasteiger partial charge < -0.3 is 5.32 Å². The van der Waals surface area contributed by atoms with Crippen LogP contribution in [0.2, 0.25) is 0 Å². The van der Waals surface area contributed by atoms with Crippen LogP contribution in [-0.2, 0) is 4.79 Å². The Morgan fingerprint density at radius 2 is 1.90 bits per heavy atom. The molecule has 0 radical (unpaired) electrons. The Kier molecular flexibility index (Phi) is 4.67. The molecule has 0 aliphatic rings. The number of aromatic nitrogens is 4. The smallest absolute Gasteiger partial charge is 0.235 e. The maximum atomic E-state index is 11.7. The molecular weight excluding hydrogens is 266 g/mol. The van der Waals surface area contributed by atoms with Crippen molar-refractivity contribution in [3.05, 3.63) is 29.6 Å². The number of hydrogen-bond acceptors (Lipinski definition) is 4. The van der Waals surface area contributed by atoms with E-state index in [0.717, 1.165) is 30.1 Å². The van der Waals surface area contributed by atoms with Crippen molar-refractivity contribution < 1.29 is 4.79 Å². The summed E-state index contributed by atoms with van der Waals surface area (Å²) in [5.74, 6) is 1.42. The third-order valence-electron chi connectivity index (χ3n) is 3.39. The fourth-order valence-electron chi connectivity index (χ4n) is 2.13. The molecule has 2 rings (SSSR count). The van der Waals surface area contributed by atoms with Crippen molar-refractivity contribution in [2.24, 2.45) is 0 Å². The molecule has 0 saturated heterocycles. The Labute approximate surface area is 124 Å². The summed E-state index contributed by atoms with van der Waals surface area (Å²) in [6, 6.07) is 0. The Morgan fingerprint density at radius 1 is 1.24 bits per heavy atom. The van der Waals surface area contributed by atoms with E-state index in [2.05, 4.69) is 27.2 Å². The van der Waals surface area contributed by atoms with Crippen molar-refractivity contribution in [1.29, 1.82) is 0 Å². The lowest BCUT2D eigenvalue weighted by molar-refractivity contribution is -0.116. The van der Waals surface area contributed by atoms with Crippen LogP contribution in [0.4, 0.5) is 5.69 Å². The monoisotopic (exact) mass is 287 g/mol. The van der Waals surface area contributed by atoms with Gasteiger partial charge in [-0.25, -0.2) is 15.0 Å². The van der Waals surface area contributed by atoms with Crippen LogP contribution < -0.4 is 5.32 Å². The summed E-state index contributed by atoms with van der Waals surface area (Å²) in [6.45, 7) is 7.92. The van der Waals surface area contributed by atoms with Crippen LogP contribution in [0.15, 0.2) is 12.4 Å². The zero-order valence-electron chi connectivity index (χ0n) is 13.0. The summed E-state index contributed by atoms with van der Waals surface area (Å²) in [5.41, 5.74) is 2.60. The summed E-state index contributed by atoms with van der Waals surface area (Å²) in [4.78, 5) is 24.7. The van der Waals surface area contributed by atoms with Crippen LogP contribution in [0.25, 0.3) is 5.95 Å². The number of rotatable bonds is 5. The molecule has 0 spiro atoms. The Balaban J connectivity index is 2.14. The zero-order valence-corrected chi connectivity index (χ0v) is 13.0. The molecule has 0 saturated carbocycles. The molecule has 2 aromatic heterocycles. The van der Waals surface area contributed by atoms with E-state index in [-0.39, 0.29) is 5.91 Å². The topological polar surface area (TPSA) is 72.7 Å². The summed E-state index contributed by atoms with van der Waals surface area (Å²) in [5, 5.41) is 2.80. The number of carbonyl (C=O) groups excluding carboxylic acids is 1. The molecule has 2 aromatic rings. The minimum atomic E-state index is -0.000892. The average molecular weight is 287 g/mol. The third-order valence-corrected chi connectivity index (χ3v) is 3.39. The lowest BCUT2D eigenvalue weighted by Crippen LogP contribution is -2.12. The number of nitrogens with one attached hydrogen (secondary N) is 1. The molecular formula is C15H21N5O. The number of nitrogens with zero attached hydrogens (tertiary/aromatic N) is 4. The molecule has 0 aliphatic heterocycles. The molecule has 1 N–H and O–H groups in total. The predicted molar refractivity (Wildman–Crippen MR) is 81.5 cm³/mol. The van der Waals surface area contributed by atoms with Crippen molar-refractivity contribution >= 4 is 11.6 Å². The highest BCUT2D eigenvalue weighted by Gasteiger charge is 2.11. The van der Waals surface area contributed by atoms with Crippen LogP contribution in [0.3, 0.4) is 0 Å². The Bertz CT molecular complexity index is 630. The number of hydrogen-bond donors (Lipinski definition) is 1. The maximum absolute atomic E-state index is 11.7. The molecule has 0 bridgehead atoms. The van der Waals surface area contributed by atoms with Gasteiger partial charge in [-0.1, -0.05) is 13.3 Å². The van der Waals surface area contributed by atoms with Gasteiger partial charge in [0, 0.05) is 12.1 Å². The number of anilines is 1. The summed E-state index contributed by atoms with van der Waals surface area (Å²) >= 11 is 0. The largest absolute Gasteiger partial charge is 0.323 e. The first-order valence-corrected chi connectivity index (χ1v) is 7.17. The lowest BCUT2D eigenvalue weighted by atomic mass is 10.2. The number of carbonyl (C=O) groups is 1. The van der Waals surface area contributed by atoms with E-state index >= 15 is 0 Å². The normalized spacial score (nSPS) is 10.7. The fourth-order valence-corrected chi connectivity index (χ4v) is 2.13. The third kappa shape index (κ3) is 3.45. The van der Waals surface area contributed by atoms with Gasteiger partial charge in [0.1, 0.15) is 5.82 Å². The van der Waals surface area contributed by atoms with Gasteiger partial charge in [0.15, 0.2) is 0 Å². The first kappa shape index (κ1) is 15.2. The summed E-state index contributed by atoms with van der Waals surface area (Å²) in [7, 11) is 0. The minimum absolute atomic E-state index is 0.000892. The van der Waals surface area contributed by atoms with Crippen molar-refractivity contribution in [2.75, 3.05) is 5.32 Å². The van der Waals surface area contributed by atoms with Crippen molar-refractivity contribution in [3.63, 3.8) is 0 Å². The van der Waals surface area contributed by atoms with E-state index < -0.39 is 0 Å². The molecule has 0 unspecified atom stereocenters. The van der Waals surface area contributed by atoms with Gasteiger partial charge in [-0.05, 0) is 27.2 Å². The van der Waals surface area contributed by atoms with Crippen molar-refractivity contribution in [3.8, 4) is 5.95 Å². The van der Waals surface area contributed by atoms with Gasteiger partial charge in [-0.15, -0.1) is 0 Å². The highest BCUT2D eigenvalue weighted by Crippen LogP contribution is 2.15. The van der Waals surface area contributed by atoms with Gasteiger partial charge >= 0.3 is 0 Å². The second-order valence-corrected chi connectivity index (χ2v) is 5.09. The van der Waals surface area contributed by atoms with E-state index in [4.69, 9.17) is 0 Å². The molecule has 0 atom stereocenters. The SMILES string of the molecule is CCCCC(=O)Nc1cnc(-n2c(C)nc(C)c2C)nc1. The molecule has 2 heterocycles. The van der Waals surface area contributed by atoms with E-state index in [1.165, 1.54) is 0 Å². The fraction of sp³-hybridized carbons (Fsp3) is 0.467.